The summed E-state index contributed by atoms with van der Waals surface area (Å²) in [6.45, 7) is 0.704. The van der Waals surface area contributed by atoms with Crippen LogP contribution in [0, 0.1) is 0 Å². The molecule has 0 saturated carbocycles. The zero-order valence-electron chi connectivity index (χ0n) is 6.87. The Bertz CT molecular complexity index is 237. The molecule has 4 heteroatoms. The summed E-state index contributed by atoms with van der Waals surface area (Å²) in [4.78, 5) is 5.94. The van der Waals surface area contributed by atoms with E-state index in [0.717, 1.165) is 5.82 Å². The van der Waals surface area contributed by atoms with Gasteiger partial charge in [0.25, 0.3) is 0 Å². The van der Waals surface area contributed by atoms with Crippen LogP contribution in [0.5, 0.6) is 0 Å². The van der Waals surface area contributed by atoms with E-state index in [9.17, 15) is 0 Å². The summed E-state index contributed by atoms with van der Waals surface area (Å²) in [6, 6.07) is 3.59. The van der Waals surface area contributed by atoms with Crippen LogP contribution in [0.2, 0.25) is 5.02 Å². The largest absolute Gasteiger partial charge is 0.395 e. The van der Waals surface area contributed by atoms with Gasteiger partial charge in [-0.25, -0.2) is 4.98 Å². The maximum absolute atomic E-state index is 8.66. The van der Waals surface area contributed by atoms with Gasteiger partial charge in [0.15, 0.2) is 0 Å². The number of pyridine rings is 1. The van der Waals surface area contributed by atoms with E-state index in [1.165, 1.54) is 0 Å². The highest BCUT2D eigenvalue weighted by atomic mass is 35.5. The summed E-state index contributed by atoms with van der Waals surface area (Å²) in [6.07, 6.45) is 1.59. The fourth-order valence-electron chi connectivity index (χ4n) is 0.858. The van der Waals surface area contributed by atoms with E-state index >= 15 is 0 Å². The van der Waals surface area contributed by atoms with Gasteiger partial charge < -0.3 is 10.0 Å². The minimum atomic E-state index is 0.126. The molecule has 1 rings (SSSR count). The van der Waals surface area contributed by atoms with Crippen molar-refractivity contribution in [2.75, 3.05) is 25.1 Å². The van der Waals surface area contributed by atoms with Crippen molar-refractivity contribution in [2.24, 2.45) is 0 Å². The van der Waals surface area contributed by atoms with Gasteiger partial charge >= 0.3 is 0 Å². The summed E-state index contributed by atoms with van der Waals surface area (Å²) in [7, 11) is 1.87. The van der Waals surface area contributed by atoms with Gasteiger partial charge in [-0.1, -0.05) is 11.6 Å². The van der Waals surface area contributed by atoms with Crippen molar-refractivity contribution < 1.29 is 5.11 Å². The number of aliphatic hydroxyl groups is 1. The number of rotatable bonds is 3. The first-order valence-electron chi connectivity index (χ1n) is 3.67. The number of aliphatic hydroxyl groups excluding tert-OH is 1. The van der Waals surface area contributed by atoms with Crippen molar-refractivity contribution in [3.05, 3.63) is 23.4 Å². The van der Waals surface area contributed by atoms with E-state index in [2.05, 4.69) is 4.98 Å². The summed E-state index contributed by atoms with van der Waals surface area (Å²) in [5, 5.41) is 9.28. The van der Waals surface area contributed by atoms with Gasteiger partial charge in [-0.3, -0.25) is 0 Å². The molecule has 1 aromatic rings. The molecular formula is C8H11ClN2O. The lowest BCUT2D eigenvalue weighted by Gasteiger charge is -2.15. The third-order valence-electron chi connectivity index (χ3n) is 1.54. The molecule has 0 atom stereocenters. The van der Waals surface area contributed by atoms with Crippen LogP contribution in [0.4, 0.5) is 5.82 Å². The number of hydrogen-bond donors (Lipinski definition) is 1. The molecule has 66 valence electrons. The molecular weight excluding hydrogens is 176 g/mol. The Morgan fingerprint density at radius 2 is 2.33 bits per heavy atom. The first-order chi connectivity index (χ1) is 5.74. The Morgan fingerprint density at radius 3 is 2.83 bits per heavy atom. The summed E-state index contributed by atoms with van der Waals surface area (Å²) in [5.41, 5.74) is 0. The number of aromatic nitrogens is 1. The highest BCUT2D eigenvalue weighted by molar-refractivity contribution is 6.30. The molecule has 1 aromatic heterocycles. The van der Waals surface area contributed by atoms with Crippen molar-refractivity contribution in [3.8, 4) is 0 Å². The fourth-order valence-corrected chi connectivity index (χ4v) is 0.970. The van der Waals surface area contributed by atoms with Crippen LogP contribution in [0.1, 0.15) is 0 Å². The lowest BCUT2D eigenvalue weighted by atomic mass is 10.4. The molecule has 0 aliphatic carbocycles. The number of likely N-dealkylation sites (N-methyl/N-ethyl adjacent to an activating group) is 1. The Balaban J connectivity index is 2.68. The molecule has 0 unspecified atom stereocenters. The molecule has 1 N–H and O–H groups in total. The lowest BCUT2D eigenvalue weighted by Crippen LogP contribution is -2.21. The third-order valence-corrected chi connectivity index (χ3v) is 1.76. The van der Waals surface area contributed by atoms with Crippen molar-refractivity contribution in [2.45, 2.75) is 0 Å². The first-order valence-corrected chi connectivity index (χ1v) is 4.05. The van der Waals surface area contributed by atoms with Crippen LogP contribution in [0.3, 0.4) is 0 Å². The maximum Gasteiger partial charge on any atom is 0.128 e. The second kappa shape index (κ2) is 4.28. The summed E-state index contributed by atoms with van der Waals surface area (Å²) in [5.74, 6) is 0.813. The van der Waals surface area contributed by atoms with Crippen LogP contribution in [-0.4, -0.2) is 30.3 Å². The normalized spacial score (nSPS) is 9.92. The van der Waals surface area contributed by atoms with Gasteiger partial charge in [0, 0.05) is 19.8 Å². The smallest absolute Gasteiger partial charge is 0.128 e. The first kappa shape index (κ1) is 9.29. The number of nitrogens with zero attached hydrogens (tertiary/aromatic N) is 2. The van der Waals surface area contributed by atoms with Gasteiger partial charge in [-0.05, 0) is 12.1 Å². The van der Waals surface area contributed by atoms with Gasteiger partial charge in [0.05, 0.1) is 11.6 Å². The topological polar surface area (TPSA) is 36.4 Å². The maximum atomic E-state index is 8.66. The molecule has 0 bridgehead atoms. The lowest BCUT2D eigenvalue weighted by molar-refractivity contribution is 0.304. The molecule has 3 nitrogen and oxygen atoms in total. The molecule has 0 spiro atoms. The fraction of sp³-hybridized carbons (Fsp3) is 0.375. The van der Waals surface area contributed by atoms with Gasteiger partial charge in [0.2, 0.25) is 0 Å². The predicted molar refractivity (Wildman–Crippen MR) is 49.6 cm³/mol. The van der Waals surface area contributed by atoms with Crippen molar-refractivity contribution >= 4 is 17.4 Å². The predicted octanol–water partition coefficient (Wildman–Crippen LogP) is 1.16. The van der Waals surface area contributed by atoms with E-state index in [1.807, 2.05) is 18.0 Å². The monoisotopic (exact) mass is 186 g/mol. The molecule has 0 radical (unpaired) electrons. The van der Waals surface area contributed by atoms with E-state index < -0.39 is 0 Å². The molecule has 1 heterocycles. The quantitative estimate of drug-likeness (QED) is 0.770. The Morgan fingerprint density at radius 1 is 1.58 bits per heavy atom. The summed E-state index contributed by atoms with van der Waals surface area (Å²) < 4.78 is 0. The molecule has 0 amide bonds. The van der Waals surface area contributed by atoms with Crippen LogP contribution < -0.4 is 4.90 Å². The van der Waals surface area contributed by atoms with E-state index in [0.29, 0.717) is 11.6 Å². The van der Waals surface area contributed by atoms with Gasteiger partial charge in [-0.2, -0.15) is 0 Å². The second-order valence-electron chi connectivity index (χ2n) is 2.48. The zero-order valence-corrected chi connectivity index (χ0v) is 7.62. The van der Waals surface area contributed by atoms with E-state index in [4.69, 9.17) is 16.7 Å². The molecule has 0 saturated heterocycles. The zero-order chi connectivity index (χ0) is 8.97. The second-order valence-corrected chi connectivity index (χ2v) is 2.92. The van der Waals surface area contributed by atoms with Crippen molar-refractivity contribution in [1.29, 1.82) is 0 Å². The highest BCUT2D eigenvalue weighted by Gasteiger charge is 1.99. The van der Waals surface area contributed by atoms with Crippen molar-refractivity contribution in [3.63, 3.8) is 0 Å². The van der Waals surface area contributed by atoms with Crippen molar-refractivity contribution in [1.82, 2.24) is 4.98 Å². The van der Waals surface area contributed by atoms with Gasteiger partial charge in [0.1, 0.15) is 5.82 Å². The van der Waals surface area contributed by atoms with Crippen LogP contribution in [0.25, 0.3) is 0 Å². The molecule has 0 fully saturated rings. The molecule has 0 aliphatic rings. The molecule has 0 aliphatic heterocycles. The SMILES string of the molecule is CN(CCO)c1ccc(Cl)cn1. The van der Waals surface area contributed by atoms with Crippen LogP contribution in [0.15, 0.2) is 18.3 Å². The highest BCUT2D eigenvalue weighted by Crippen LogP contribution is 2.11. The van der Waals surface area contributed by atoms with Gasteiger partial charge in [-0.15, -0.1) is 0 Å². The molecule has 0 aromatic carbocycles. The average Bonchev–Trinajstić information content (AvgIpc) is 2.06. The Kier molecular flexibility index (Phi) is 3.31. The Hall–Kier alpha value is -0.800. The standard InChI is InChI=1S/C8H11ClN2O/c1-11(4-5-12)8-3-2-7(9)6-10-8/h2-3,6,12H,4-5H2,1H3. The van der Waals surface area contributed by atoms with E-state index in [-0.39, 0.29) is 6.61 Å². The Labute approximate surface area is 76.6 Å². The molecule has 12 heavy (non-hydrogen) atoms. The number of hydrogen-bond acceptors (Lipinski definition) is 3. The number of halogens is 1. The minimum Gasteiger partial charge on any atom is -0.395 e. The average molecular weight is 187 g/mol. The van der Waals surface area contributed by atoms with Crippen LogP contribution >= 0.6 is 11.6 Å². The number of anilines is 1. The van der Waals surface area contributed by atoms with Crippen LogP contribution in [-0.2, 0) is 0 Å². The minimum absolute atomic E-state index is 0.126. The third kappa shape index (κ3) is 2.36. The van der Waals surface area contributed by atoms with E-state index in [1.54, 1.807) is 12.3 Å². The summed E-state index contributed by atoms with van der Waals surface area (Å²) >= 11 is 5.66.